The number of benzene rings is 1. The SMILES string of the molecule is Cc1ccc(NC(=O)CCC(=O)N2CCCn3nc(C)cc32)c(C)c1. The number of hydrogen-bond donors (Lipinski definition) is 1. The minimum Gasteiger partial charge on any atom is -0.326 e. The quantitative estimate of drug-likeness (QED) is 0.930. The third-order valence-electron chi connectivity index (χ3n) is 4.43. The minimum absolute atomic E-state index is 0.0309. The molecule has 2 aromatic rings. The van der Waals surface area contributed by atoms with Gasteiger partial charge in [0.15, 0.2) is 0 Å². The van der Waals surface area contributed by atoms with Gasteiger partial charge in [-0.2, -0.15) is 5.10 Å². The number of nitrogens with zero attached hydrogens (tertiary/aromatic N) is 3. The van der Waals surface area contributed by atoms with E-state index in [9.17, 15) is 9.59 Å². The first kappa shape index (κ1) is 17.2. The van der Waals surface area contributed by atoms with Crippen LogP contribution in [0.15, 0.2) is 24.3 Å². The Labute approximate surface area is 147 Å². The molecule has 3 rings (SSSR count). The molecule has 0 unspecified atom stereocenters. The van der Waals surface area contributed by atoms with Crippen molar-refractivity contribution in [1.82, 2.24) is 9.78 Å². The summed E-state index contributed by atoms with van der Waals surface area (Å²) in [5.41, 5.74) is 3.88. The Morgan fingerprint density at radius 3 is 2.68 bits per heavy atom. The monoisotopic (exact) mass is 340 g/mol. The largest absolute Gasteiger partial charge is 0.326 e. The van der Waals surface area contributed by atoms with E-state index in [-0.39, 0.29) is 24.7 Å². The fourth-order valence-electron chi connectivity index (χ4n) is 3.18. The summed E-state index contributed by atoms with van der Waals surface area (Å²) < 4.78 is 1.87. The van der Waals surface area contributed by atoms with Crippen LogP contribution in [0.4, 0.5) is 11.5 Å². The molecular weight excluding hydrogens is 316 g/mol. The Hall–Kier alpha value is -2.63. The van der Waals surface area contributed by atoms with E-state index in [1.807, 2.05) is 49.7 Å². The zero-order chi connectivity index (χ0) is 18.0. The smallest absolute Gasteiger partial charge is 0.228 e. The predicted molar refractivity (Wildman–Crippen MR) is 97.7 cm³/mol. The van der Waals surface area contributed by atoms with E-state index in [1.54, 1.807) is 4.90 Å². The number of rotatable bonds is 4. The molecule has 0 saturated heterocycles. The minimum atomic E-state index is -0.137. The third kappa shape index (κ3) is 3.90. The number of carbonyl (C=O) groups excluding carboxylic acids is 2. The molecule has 0 atom stereocenters. The number of anilines is 2. The Bertz CT molecular complexity index is 810. The van der Waals surface area contributed by atoms with E-state index < -0.39 is 0 Å². The van der Waals surface area contributed by atoms with Gasteiger partial charge in [-0.25, -0.2) is 4.68 Å². The lowest BCUT2D eigenvalue weighted by molar-refractivity contribution is -0.122. The Morgan fingerprint density at radius 1 is 1.12 bits per heavy atom. The van der Waals surface area contributed by atoms with Gasteiger partial charge in [0.25, 0.3) is 0 Å². The van der Waals surface area contributed by atoms with Crippen molar-refractivity contribution in [2.24, 2.45) is 0 Å². The van der Waals surface area contributed by atoms with Crippen LogP contribution in [0.3, 0.4) is 0 Å². The molecule has 1 aromatic heterocycles. The molecule has 1 N–H and O–H groups in total. The van der Waals surface area contributed by atoms with Crippen molar-refractivity contribution in [2.45, 2.75) is 46.6 Å². The van der Waals surface area contributed by atoms with Gasteiger partial charge in [0.1, 0.15) is 5.82 Å². The molecule has 2 heterocycles. The van der Waals surface area contributed by atoms with Crippen molar-refractivity contribution < 1.29 is 9.59 Å². The van der Waals surface area contributed by atoms with E-state index in [1.165, 1.54) is 0 Å². The van der Waals surface area contributed by atoms with Crippen LogP contribution in [-0.2, 0) is 16.1 Å². The van der Waals surface area contributed by atoms with Gasteiger partial charge >= 0.3 is 0 Å². The van der Waals surface area contributed by atoms with Gasteiger partial charge in [-0.3, -0.25) is 14.5 Å². The number of nitrogens with one attached hydrogen (secondary N) is 1. The molecule has 2 amide bonds. The molecule has 0 radical (unpaired) electrons. The molecule has 1 aliphatic heterocycles. The standard InChI is InChI=1S/C19H24N4O2/c1-13-5-6-16(14(2)11-13)20-17(24)7-8-19(25)22-9-4-10-23-18(22)12-15(3)21-23/h5-6,11-12H,4,7-10H2,1-3H3,(H,20,24). The summed E-state index contributed by atoms with van der Waals surface area (Å²) in [7, 11) is 0. The molecule has 0 aliphatic carbocycles. The van der Waals surface area contributed by atoms with Crippen molar-refractivity contribution in [3.05, 3.63) is 41.1 Å². The van der Waals surface area contributed by atoms with Gasteiger partial charge in [0.05, 0.1) is 5.69 Å². The molecule has 1 aromatic carbocycles. The molecule has 25 heavy (non-hydrogen) atoms. The number of fused-ring (bicyclic) bond motifs is 1. The molecule has 1 aliphatic rings. The first-order valence-corrected chi connectivity index (χ1v) is 8.66. The van der Waals surface area contributed by atoms with Gasteiger partial charge in [-0.05, 0) is 38.8 Å². The molecule has 6 nitrogen and oxygen atoms in total. The number of carbonyl (C=O) groups is 2. The molecule has 6 heteroatoms. The van der Waals surface area contributed by atoms with Crippen LogP contribution in [0, 0.1) is 20.8 Å². The zero-order valence-electron chi connectivity index (χ0n) is 15.0. The number of hydrogen-bond acceptors (Lipinski definition) is 3. The highest BCUT2D eigenvalue weighted by atomic mass is 16.2. The number of aryl methyl sites for hydroxylation is 4. The second-order valence-electron chi connectivity index (χ2n) is 6.63. The second kappa shape index (κ2) is 7.09. The number of aromatic nitrogens is 2. The van der Waals surface area contributed by atoms with E-state index >= 15 is 0 Å². The first-order chi connectivity index (χ1) is 11.9. The van der Waals surface area contributed by atoms with Crippen LogP contribution in [-0.4, -0.2) is 28.1 Å². The summed E-state index contributed by atoms with van der Waals surface area (Å²) >= 11 is 0. The van der Waals surface area contributed by atoms with Gasteiger partial charge in [-0.1, -0.05) is 17.7 Å². The lowest BCUT2D eigenvalue weighted by atomic mass is 10.1. The van der Waals surface area contributed by atoms with E-state index in [0.717, 1.165) is 41.3 Å². The molecule has 132 valence electrons. The summed E-state index contributed by atoms with van der Waals surface area (Å²) in [6, 6.07) is 7.81. The fraction of sp³-hybridized carbons (Fsp3) is 0.421. The van der Waals surface area contributed by atoms with Gasteiger partial charge < -0.3 is 5.32 Å². The fourth-order valence-corrected chi connectivity index (χ4v) is 3.18. The maximum absolute atomic E-state index is 12.5. The van der Waals surface area contributed by atoms with E-state index in [4.69, 9.17) is 0 Å². The van der Waals surface area contributed by atoms with Gasteiger partial charge in [0, 0.05) is 37.7 Å². The van der Waals surface area contributed by atoms with Crippen LogP contribution in [0.25, 0.3) is 0 Å². The molecule has 0 saturated carbocycles. The Balaban J connectivity index is 1.58. The van der Waals surface area contributed by atoms with Gasteiger partial charge in [0.2, 0.25) is 11.8 Å². The van der Waals surface area contributed by atoms with Crippen molar-refractivity contribution >= 4 is 23.3 Å². The normalized spacial score (nSPS) is 13.5. The lowest BCUT2D eigenvalue weighted by Crippen LogP contribution is -2.37. The summed E-state index contributed by atoms with van der Waals surface area (Å²) in [6.07, 6.45) is 1.26. The predicted octanol–water partition coefficient (Wildman–Crippen LogP) is 2.96. The van der Waals surface area contributed by atoms with Crippen molar-refractivity contribution in [3.8, 4) is 0 Å². The highest BCUT2D eigenvalue weighted by Gasteiger charge is 2.24. The Morgan fingerprint density at radius 2 is 1.92 bits per heavy atom. The lowest BCUT2D eigenvalue weighted by Gasteiger charge is -2.27. The first-order valence-electron chi connectivity index (χ1n) is 8.66. The maximum Gasteiger partial charge on any atom is 0.228 e. The third-order valence-corrected chi connectivity index (χ3v) is 4.43. The van der Waals surface area contributed by atoms with Crippen LogP contribution in [0.1, 0.15) is 36.1 Å². The molecule has 0 bridgehead atoms. The van der Waals surface area contributed by atoms with E-state index in [2.05, 4.69) is 10.4 Å². The zero-order valence-corrected chi connectivity index (χ0v) is 15.0. The van der Waals surface area contributed by atoms with Crippen LogP contribution >= 0.6 is 0 Å². The highest BCUT2D eigenvalue weighted by molar-refractivity contribution is 5.98. The van der Waals surface area contributed by atoms with Crippen molar-refractivity contribution in [1.29, 1.82) is 0 Å². The van der Waals surface area contributed by atoms with Gasteiger partial charge in [-0.15, -0.1) is 0 Å². The number of amides is 2. The molecular formula is C19H24N4O2. The average Bonchev–Trinajstić information content (AvgIpc) is 2.95. The maximum atomic E-state index is 12.5. The average molecular weight is 340 g/mol. The Kier molecular flexibility index (Phi) is 4.88. The topological polar surface area (TPSA) is 67.2 Å². The summed E-state index contributed by atoms with van der Waals surface area (Å²) in [6.45, 7) is 7.42. The summed E-state index contributed by atoms with van der Waals surface area (Å²) in [5, 5.41) is 7.29. The van der Waals surface area contributed by atoms with Crippen LogP contribution < -0.4 is 10.2 Å². The molecule has 0 fully saturated rings. The van der Waals surface area contributed by atoms with Crippen molar-refractivity contribution in [3.63, 3.8) is 0 Å². The summed E-state index contributed by atoms with van der Waals surface area (Å²) in [5.74, 6) is 0.669. The highest BCUT2D eigenvalue weighted by Crippen LogP contribution is 2.23. The van der Waals surface area contributed by atoms with Crippen molar-refractivity contribution in [2.75, 3.05) is 16.8 Å². The summed E-state index contributed by atoms with van der Waals surface area (Å²) in [4.78, 5) is 26.5. The molecule has 0 spiro atoms. The van der Waals surface area contributed by atoms with E-state index in [0.29, 0.717) is 6.54 Å². The van der Waals surface area contributed by atoms with Crippen LogP contribution in [0.5, 0.6) is 0 Å². The van der Waals surface area contributed by atoms with Crippen LogP contribution in [0.2, 0.25) is 0 Å². The second-order valence-corrected chi connectivity index (χ2v) is 6.63.